The van der Waals surface area contributed by atoms with Crippen LogP contribution in [0.15, 0.2) is 18.2 Å². The van der Waals surface area contributed by atoms with Crippen LogP contribution in [-0.2, 0) is 10.9 Å². The van der Waals surface area contributed by atoms with Crippen molar-refractivity contribution in [2.45, 2.75) is 25.1 Å². The quantitative estimate of drug-likeness (QED) is 0.897. The molecule has 0 saturated carbocycles. The summed E-state index contributed by atoms with van der Waals surface area (Å²) in [6.45, 7) is 1.18. The topological polar surface area (TPSA) is 45.0 Å². The van der Waals surface area contributed by atoms with Gasteiger partial charge in [-0.2, -0.15) is 18.4 Å². The van der Waals surface area contributed by atoms with Crippen molar-refractivity contribution in [2.24, 2.45) is 0 Å². The highest BCUT2D eigenvalue weighted by Crippen LogP contribution is 2.33. The number of hydrogen-bond acceptors (Lipinski definition) is 3. The smallest absolute Gasteiger partial charge is 0.380 e. The van der Waals surface area contributed by atoms with Crippen molar-refractivity contribution in [3.05, 3.63) is 29.3 Å². The number of nitriles is 1. The van der Waals surface area contributed by atoms with Crippen LogP contribution in [0.1, 0.15) is 24.0 Å². The molecule has 102 valence electrons. The van der Waals surface area contributed by atoms with E-state index in [1.165, 1.54) is 12.1 Å². The third kappa shape index (κ3) is 3.38. The van der Waals surface area contributed by atoms with E-state index < -0.39 is 11.7 Å². The number of nitrogens with zero attached hydrogens (tertiary/aromatic N) is 1. The van der Waals surface area contributed by atoms with Crippen molar-refractivity contribution < 1.29 is 17.9 Å². The molecule has 1 aliphatic heterocycles. The molecule has 0 spiro atoms. The zero-order valence-electron chi connectivity index (χ0n) is 10.1. The van der Waals surface area contributed by atoms with Crippen LogP contribution in [0.5, 0.6) is 0 Å². The lowest BCUT2D eigenvalue weighted by molar-refractivity contribution is -0.137. The maximum atomic E-state index is 12.8. The van der Waals surface area contributed by atoms with Gasteiger partial charge in [-0.15, -0.1) is 0 Å². The van der Waals surface area contributed by atoms with Crippen LogP contribution in [0, 0.1) is 11.3 Å². The zero-order valence-corrected chi connectivity index (χ0v) is 10.1. The van der Waals surface area contributed by atoms with Gasteiger partial charge in [-0.25, -0.2) is 0 Å². The van der Waals surface area contributed by atoms with Crippen LogP contribution in [-0.4, -0.2) is 19.3 Å². The number of alkyl halides is 3. The monoisotopic (exact) mass is 270 g/mol. The summed E-state index contributed by atoms with van der Waals surface area (Å²) >= 11 is 0. The van der Waals surface area contributed by atoms with E-state index in [9.17, 15) is 13.2 Å². The fourth-order valence-electron chi connectivity index (χ4n) is 2.06. The predicted octanol–water partition coefficient (Wildman–Crippen LogP) is 3.17. The predicted molar refractivity (Wildman–Crippen MR) is 63.6 cm³/mol. The lowest BCUT2D eigenvalue weighted by Gasteiger charge is -2.24. The molecule has 1 saturated heterocycles. The van der Waals surface area contributed by atoms with Crippen molar-refractivity contribution in [3.8, 4) is 6.07 Å². The fraction of sp³-hybridized carbons (Fsp3) is 0.462. The first-order valence-electron chi connectivity index (χ1n) is 5.96. The van der Waals surface area contributed by atoms with Gasteiger partial charge >= 0.3 is 6.18 Å². The van der Waals surface area contributed by atoms with Crippen LogP contribution in [0.3, 0.4) is 0 Å². The normalized spacial score (nSPS) is 19.8. The summed E-state index contributed by atoms with van der Waals surface area (Å²) in [4.78, 5) is 0. The highest BCUT2D eigenvalue weighted by atomic mass is 19.4. The molecule has 3 nitrogen and oxygen atoms in total. The molecule has 1 N–H and O–H groups in total. The molecule has 6 heteroatoms. The molecule has 1 unspecified atom stereocenters. The molecule has 0 aliphatic carbocycles. The Bertz CT molecular complexity index is 488. The van der Waals surface area contributed by atoms with Crippen molar-refractivity contribution in [3.63, 3.8) is 0 Å². The lowest BCUT2D eigenvalue weighted by atomic mass is 10.1. The van der Waals surface area contributed by atoms with E-state index in [1.807, 2.05) is 0 Å². The average Bonchev–Trinajstić information content (AvgIpc) is 2.39. The van der Waals surface area contributed by atoms with Gasteiger partial charge in [0.2, 0.25) is 0 Å². The second-order valence-electron chi connectivity index (χ2n) is 4.43. The van der Waals surface area contributed by atoms with Crippen molar-refractivity contribution >= 4 is 5.69 Å². The van der Waals surface area contributed by atoms with Gasteiger partial charge in [0.1, 0.15) is 0 Å². The van der Waals surface area contributed by atoms with Crippen molar-refractivity contribution in [1.82, 2.24) is 0 Å². The number of hydrogen-bond donors (Lipinski definition) is 1. The number of halogens is 3. The van der Waals surface area contributed by atoms with Crippen molar-refractivity contribution in [2.75, 3.05) is 18.5 Å². The third-order valence-electron chi connectivity index (χ3n) is 2.98. The minimum Gasteiger partial charge on any atom is -0.380 e. The molecular formula is C13H13F3N2O. The highest BCUT2D eigenvalue weighted by molar-refractivity contribution is 5.53. The Balaban J connectivity index is 2.20. The van der Waals surface area contributed by atoms with Crippen LogP contribution in [0.4, 0.5) is 18.9 Å². The van der Waals surface area contributed by atoms with E-state index in [4.69, 9.17) is 10.00 Å². The molecule has 1 atom stereocenters. The van der Waals surface area contributed by atoms with Crippen LogP contribution < -0.4 is 5.32 Å². The first-order valence-corrected chi connectivity index (χ1v) is 5.96. The molecule has 0 radical (unpaired) electrons. The minimum absolute atomic E-state index is 0.0165. The largest absolute Gasteiger partial charge is 0.417 e. The van der Waals surface area contributed by atoms with Gasteiger partial charge in [-0.05, 0) is 31.0 Å². The summed E-state index contributed by atoms with van der Waals surface area (Å²) in [5, 5.41) is 11.7. The van der Waals surface area contributed by atoms with Crippen molar-refractivity contribution in [1.29, 1.82) is 5.26 Å². The number of anilines is 1. The zero-order chi connectivity index (χ0) is 13.9. The van der Waals surface area contributed by atoms with Crippen LogP contribution in [0.2, 0.25) is 0 Å². The maximum absolute atomic E-state index is 12.8. The van der Waals surface area contributed by atoms with Crippen LogP contribution >= 0.6 is 0 Å². The van der Waals surface area contributed by atoms with Gasteiger partial charge < -0.3 is 10.1 Å². The Hall–Kier alpha value is -1.74. The number of benzene rings is 1. The molecular weight excluding hydrogens is 257 g/mol. The lowest BCUT2D eigenvalue weighted by Crippen LogP contribution is -2.30. The summed E-state index contributed by atoms with van der Waals surface area (Å²) in [6, 6.07) is 5.23. The number of rotatable bonds is 2. The van der Waals surface area contributed by atoms with E-state index in [0.717, 1.165) is 18.9 Å². The molecule has 0 aromatic heterocycles. The van der Waals surface area contributed by atoms with Gasteiger partial charge in [-0.3, -0.25) is 0 Å². The third-order valence-corrected chi connectivity index (χ3v) is 2.98. The first kappa shape index (κ1) is 13.7. The van der Waals surface area contributed by atoms with Crippen LogP contribution in [0.25, 0.3) is 0 Å². The summed E-state index contributed by atoms with van der Waals surface area (Å²) in [5.74, 6) is 0. The highest BCUT2D eigenvalue weighted by Gasteiger charge is 2.34. The molecule has 19 heavy (non-hydrogen) atoms. The SMILES string of the molecule is N#Cc1ccc(NC2CCCOC2)cc1C(F)(F)F. The Kier molecular flexibility index (Phi) is 3.96. The number of nitrogens with one attached hydrogen (secondary N) is 1. The molecule has 1 heterocycles. The van der Waals surface area contributed by atoms with E-state index in [2.05, 4.69) is 5.32 Å². The van der Waals surface area contributed by atoms with E-state index in [-0.39, 0.29) is 11.6 Å². The van der Waals surface area contributed by atoms with Gasteiger partial charge in [0, 0.05) is 18.3 Å². The average molecular weight is 270 g/mol. The molecule has 0 bridgehead atoms. The van der Waals surface area contributed by atoms with Gasteiger partial charge in [0.05, 0.1) is 23.8 Å². The summed E-state index contributed by atoms with van der Waals surface area (Å²) in [6.07, 6.45) is -2.77. The fourth-order valence-corrected chi connectivity index (χ4v) is 2.06. The Labute approximate surface area is 109 Å². The second kappa shape index (κ2) is 5.49. The first-order chi connectivity index (χ1) is 9.00. The number of ether oxygens (including phenoxy) is 1. The molecule has 1 aromatic rings. The Morgan fingerprint density at radius 2 is 2.16 bits per heavy atom. The molecule has 1 aromatic carbocycles. The minimum atomic E-state index is -4.52. The summed E-state index contributed by atoms with van der Waals surface area (Å²) in [5.41, 5.74) is -0.906. The van der Waals surface area contributed by atoms with Gasteiger partial charge in [0.15, 0.2) is 0 Å². The molecule has 2 rings (SSSR count). The Morgan fingerprint density at radius 3 is 2.74 bits per heavy atom. The summed E-state index contributed by atoms with van der Waals surface area (Å²) in [7, 11) is 0. The van der Waals surface area contributed by atoms with E-state index in [0.29, 0.717) is 18.9 Å². The van der Waals surface area contributed by atoms with E-state index >= 15 is 0 Å². The maximum Gasteiger partial charge on any atom is 0.417 e. The van der Waals surface area contributed by atoms with E-state index in [1.54, 1.807) is 6.07 Å². The van der Waals surface area contributed by atoms with Gasteiger partial charge in [-0.1, -0.05) is 0 Å². The second-order valence-corrected chi connectivity index (χ2v) is 4.43. The molecule has 1 aliphatic rings. The standard InChI is InChI=1S/C13H13F3N2O/c14-13(15,16)12-6-10(4-3-9(12)7-17)18-11-2-1-5-19-8-11/h3-4,6,11,18H,1-2,5,8H2. The Morgan fingerprint density at radius 1 is 1.37 bits per heavy atom. The summed E-state index contributed by atoms with van der Waals surface area (Å²) < 4.78 is 43.6. The molecule has 0 amide bonds. The molecule has 1 fully saturated rings. The van der Waals surface area contributed by atoms with Gasteiger partial charge in [0.25, 0.3) is 0 Å².